The van der Waals surface area contributed by atoms with Crippen LogP contribution in [0.3, 0.4) is 0 Å². The summed E-state index contributed by atoms with van der Waals surface area (Å²) in [4.78, 5) is 17.5. The maximum Gasteiger partial charge on any atom is 0.264 e. The summed E-state index contributed by atoms with van der Waals surface area (Å²) in [6.07, 6.45) is 3.28. The molecule has 1 saturated heterocycles. The third-order valence-electron chi connectivity index (χ3n) is 6.58. The first kappa shape index (κ1) is 23.3. The van der Waals surface area contributed by atoms with Gasteiger partial charge in [-0.15, -0.1) is 0 Å². The number of rotatable bonds is 6. The molecule has 6 heteroatoms. The van der Waals surface area contributed by atoms with Crippen LogP contribution in [-0.2, 0) is 4.79 Å². The number of H-pyrrole nitrogens is 1. The highest BCUT2D eigenvalue weighted by atomic mass is 16.2. The molecule has 36 heavy (non-hydrogen) atoms. The summed E-state index contributed by atoms with van der Waals surface area (Å²) < 4.78 is 0. The SMILES string of the molecule is N#CC(=Cc1cn[nH]c1-c1ccccc1)C(=O)N1CCN(C(c2ccccc2)c2ccccc2)CC1. The molecule has 4 aromatic rings. The monoisotopic (exact) mass is 473 g/mol. The van der Waals surface area contributed by atoms with Gasteiger partial charge in [-0.05, 0) is 17.2 Å². The van der Waals surface area contributed by atoms with Gasteiger partial charge in [0.25, 0.3) is 5.91 Å². The lowest BCUT2D eigenvalue weighted by atomic mass is 9.96. The van der Waals surface area contributed by atoms with Crippen LogP contribution in [-0.4, -0.2) is 52.1 Å². The van der Waals surface area contributed by atoms with Crippen molar-refractivity contribution in [1.82, 2.24) is 20.0 Å². The minimum absolute atomic E-state index is 0.115. The van der Waals surface area contributed by atoms with E-state index >= 15 is 0 Å². The Bertz CT molecular complexity index is 1330. The van der Waals surface area contributed by atoms with E-state index in [-0.39, 0.29) is 17.5 Å². The summed E-state index contributed by atoms with van der Waals surface area (Å²) in [6, 6.07) is 32.9. The Morgan fingerprint density at radius 3 is 1.97 bits per heavy atom. The molecule has 1 aromatic heterocycles. The van der Waals surface area contributed by atoms with Gasteiger partial charge < -0.3 is 4.90 Å². The Morgan fingerprint density at radius 2 is 1.42 bits per heavy atom. The summed E-state index contributed by atoms with van der Waals surface area (Å²) >= 11 is 0. The number of hydrogen-bond acceptors (Lipinski definition) is 4. The van der Waals surface area contributed by atoms with Crippen molar-refractivity contribution in [2.45, 2.75) is 6.04 Å². The summed E-state index contributed by atoms with van der Waals surface area (Å²) in [7, 11) is 0. The van der Waals surface area contributed by atoms with E-state index in [4.69, 9.17) is 0 Å². The van der Waals surface area contributed by atoms with Gasteiger partial charge in [-0.25, -0.2) is 0 Å². The second kappa shape index (κ2) is 10.9. The highest BCUT2D eigenvalue weighted by Crippen LogP contribution is 2.30. The van der Waals surface area contributed by atoms with E-state index in [9.17, 15) is 10.1 Å². The number of aromatic nitrogens is 2. The van der Waals surface area contributed by atoms with Gasteiger partial charge in [0, 0.05) is 37.3 Å². The van der Waals surface area contributed by atoms with Crippen molar-refractivity contribution >= 4 is 12.0 Å². The molecule has 3 aromatic carbocycles. The zero-order valence-corrected chi connectivity index (χ0v) is 19.9. The van der Waals surface area contributed by atoms with Crippen molar-refractivity contribution in [3.8, 4) is 17.3 Å². The van der Waals surface area contributed by atoms with Crippen molar-refractivity contribution in [3.63, 3.8) is 0 Å². The lowest BCUT2D eigenvalue weighted by Gasteiger charge is -2.39. The van der Waals surface area contributed by atoms with Crippen LogP contribution in [0.2, 0.25) is 0 Å². The van der Waals surface area contributed by atoms with E-state index in [1.807, 2.05) is 42.5 Å². The molecule has 0 saturated carbocycles. The number of carbonyl (C=O) groups is 1. The minimum atomic E-state index is -0.242. The fourth-order valence-corrected chi connectivity index (χ4v) is 4.78. The number of amides is 1. The minimum Gasteiger partial charge on any atom is -0.335 e. The molecule has 1 amide bonds. The number of piperazine rings is 1. The van der Waals surface area contributed by atoms with E-state index < -0.39 is 0 Å². The van der Waals surface area contributed by atoms with E-state index in [2.05, 4.69) is 69.7 Å². The van der Waals surface area contributed by atoms with Crippen LogP contribution in [0.1, 0.15) is 22.7 Å². The van der Waals surface area contributed by atoms with Gasteiger partial charge in [0.05, 0.1) is 17.9 Å². The summed E-state index contributed by atoms with van der Waals surface area (Å²) in [5.41, 5.74) is 5.04. The first-order valence-corrected chi connectivity index (χ1v) is 12.1. The quantitative estimate of drug-likeness (QED) is 0.319. The molecule has 0 radical (unpaired) electrons. The third-order valence-corrected chi connectivity index (χ3v) is 6.58. The molecule has 1 N–H and O–H groups in total. The van der Waals surface area contributed by atoms with Crippen LogP contribution < -0.4 is 0 Å². The number of nitrogens with zero attached hydrogens (tertiary/aromatic N) is 4. The number of aromatic amines is 1. The molecule has 1 aliphatic rings. The smallest absolute Gasteiger partial charge is 0.264 e. The first-order chi connectivity index (χ1) is 17.7. The number of hydrogen-bond donors (Lipinski definition) is 1. The van der Waals surface area contributed by atoms with Crippen molar-refractivity contribution in [2.24, 2.45) is 0 Å². The highest BCUT2D eigenvalue weighted by Gasteiger charge is 2.29. The average Bonchev–Trinajstić information content (AvgIpc) is 3.42. The molecule has 0 unspecified atom stereocenters. The van der Waals surface area contributed by atoms with Crippen LogP contribution >= 0.6 is 0 Å². The molecular formula is C30H27N5O. The summed E-state index contributed by atoms with van der Waals surface area (Å²) in [5, 5.41) is 16.9. The third kappa shape index (κ3) is 4.97. The van der Waals surface area contributed by atoms with Crippen molar-refractivity contribution in [3.05, 3.63) is 119 Å². The van der Waals surface area contributed by atoms with E-state index in [0.717, 1.165) is 29.9 Å². The van der Waals surface area contributed by atoms with Gasteiger partial charge in [0.1, 0.15) is 11.6 Å². The Labute approximate surface area is 211 Å². The Hall–Kier alpha value is -4.47. The largest absolute Gasteiger partial charge is 0.335 e. The van der Waals surface area contributed by atoms with Gasteiger partial charge in [-0.3, -0.25) is 14.8 Å². The van der Waals surface area contributed by atoms with Gasteiger partial charge in [-0.1, -0.05) is 91.0 Å². The fourth-order valence-electron chi connectivity index (χ4n) is 4.78. The molecule has 0 atom stereocenters. The summed E-state index contributed by atoms with van der Waals surface area (Å²) in [5.74, 6) is -0.242. The Balaban J connectivity index is 1.32. The second-order valence-electron chi connectivity index (χ2n) is 8.79. The van der Waals surface area contributed by atoms with E-state index in [1.54, 1.807) is 17.2 Å². The highest BCUT2D eigenvalue weighted by molar-refractivity contribution is 6.02. The zero-order chi connectivity index (χ0) is 24.7. The predicted molar refractivity (Wildman–Crippen MR) is 140 cm³/mol. The van der Waals surface area contributed by atoms with Crippen LogP contribution in [0.15, 0.2) is 103 Å². The van der Waals surface area contributed by atoms with E-state index in [1.165, 1.54) is 11.1 Å². The molecule has 6 nitrogen and oxygen atoms in total. The molecular weight excluding hydrogens is 446 g/mol. The van der Waals surface area contributed by atoms with Crippen LogP contribution in [0.25, 0.3) is 17.3 Å². The summed E-state index contributed by atoms with van der Waals surface area (Å²) in [6.45, 7) is 2.57. The molecule has 178 valence electrons. The zero-order valence-electron chi connectivity index (χ0n) is 19.9. The molecule has 1 aliphatic heterocycles. The average molecular weight is 474 g/mol. The maximum absolute atomic E-state index is 13.3. The topological polar surface area (TPSA) is 76.0 Å². The Morgan fingerprint density at radius 1 is 0.861 bits per heavy atom. The van der Waals surface area contributed by atoms with Gasteiger partial charge in [-0.2, -0.15) is 10.4 Å². The molecule has 1 fully saturated rings. The lowest BCUT2D eigenvalue weighted by molar-refractivity contribution is -0.128. The van der Waals surface area contributed by atoms with Crippen molar-refractivity contribution in [1.29, 1.82) is 5.26 Å². The van der Waals surface area contributed by atoms with E-state index in [0.29, 0.717) is 13.1 Å². The molecule has 0 aliphatic carbocycles. The normalized spacial score (nSPS) is 14.6. The maximum atomic E-state index is 13.3. The van der Waals surface area contributed by atoms with Gasteiger partial charge >= 0.3 is 0 Å². The van der Waals surface area contributed by atoms with Crippen LogP contribution in [0, 0.1) is 11.3 Å². The number of nitriles is 1. The number of nitrogens with one attached hydrogen (secondary N) is 1. The molecule has 2 heterocycles. The van der Waals surface area contributed by atoms with Gasteiger partial charge in [0.15, 0.2) is 0 Å². The number of benzene rings is 3. The van der Waals surface area contributed by atoms with Crippen molar-refractivity contribution in [2.75, 3.05) is 26.2 Å². The van der Waals surface area contributed by atoms with Crippen molar-refractivity contribution < 1.29 is 4.79 Å². The second-order valence-corrected chi connectivity index (χ2v) is 8.79. The Kier molecular flexibility index (Phi) is 7.02. The van der Waals surface area contributed by atoms with Crippen LogP contribution in [0.5, 0.6) is 0 Å². The van der Waals surface area contributed by atoms with Crippen LogP contribution in [0.4, 0.5) is 0 Å². The molecule has 0 bridgehead atoms. The molecule has 0 spiro atoms. The fraction of sp³-hybridized carbons (Fsp3) is 0.167. The molecule has 5 rings (SSSR count). The van der Waals surface area contributed by atoms with Gasteiger partial charge in [0.2, 0.25) is 0 Å². The number of carbonyl (C=O) groups excluding carboxylic acids is 1. The predicted octanol–water partition coefficient (Wildman–Crippen LogP) is 4.92. The standard InChI is InChI=1S/C30H27N5O/c31-21-26(20-27-22-32-33-28(27)23-10-4-1-5-11-23)30(36)35-18-16-34(17-19-35)29(24-12-6-2-7-13-24)25-14-8-3-9-15-25/h1-15,20,22,29H,16-19H2,(H,32,33). The lowest BCUT2D eigenvalue weighted by Crippen LogP contribution is -2.50. The first-order valence-electron chi connectivity index (χ1n) is 12.1.